The van der Waals surface area contributed by atoms with Crippen LogP contribution < -0.4 is 0 Å². The van der Waals surface area contributed by atoms with Crippen molar-refractivity contribution in [2.24, 2.45) is 0 Å². The molecule has 0 amide bonds. The Morgan fingerprint density at radius 2 is 2.00 bits per heavy atom. The predicted octanol–water partition coefficient (Wildman–Crippen LogP) is 3.64. The van der Waals surface area contributed by atoms with Crippen LogP contribution in [0.15, 0.2) is 34.9 Å². The smallest absolute Gasteiger partial charge is 0.340 e. The molecule has 0 spiro atoms. The molecular weight excluding hydrogens is 292 g/mol. The molecule has 21 heavy (non-hydrogen) atoms. The molecule has 106 valence electrons. The summed E-state index contributed by atoms with van der Waals surface area (Å²) in [6.45, 7) is 1.69. The van der Waals surface area contributed by atoms with Gasteiger partial charge in [-0.2, -0.15) is 0 Å². The average molecular weight is 303 g/mol. The van der Waals surface area contributed by atoms with E-state index in [1.54, 1.807) is 6.92 Å². The number of nitrogens with zero attached hydrogens (tertiary/aromatic N) is 2. The zero-order valence-corrected chi connectivity index (χ0v) is 12.1. The lowest BCUT2D eigenvalue weighted by Crippen LogP contribution is -2.05. The first-order chi connectivity index (χ1) is 10.1. The van der Waals surface area contributed by atoms with Gasteiger partial charge in [0.25, 0.3) is 5.71 Å². The fraction of sp³-hybridized carbons (Fsp3) is 0.133. The Hall–Kier alpha value is -2.40. The van der Waals surface area contributed by atoms with E-state index in [0.717, 1.165) is 5.56 Å². The fourth-order valence-electron chi connectivity index (χ4n) is 2.16. The van der Waals surface area contributed by atoms with Crippen molar-refractivity contribution in [3.63, 3.8) is 0 Å². The second-order valence-electron chi connectivity index (χ2n) is 4.46. The lowest BCUT2D eigenvalue weighted by Gasteiger charge is -2.06. The first-order valence-corrected chi connectivity index (χ1v) is 6.60. The zero-order valence-electron chi connectivity index (χ0n) is 11.4. The van der Waals surface area contributed by atoms with Gasteiger partial charge in [0.15, 0.2) is 0 Å². The van der Waals surface area contributed by atoms with Gasteiger partial charge in [0.1, 0.15) is 5.69 Å². The van der Waals surface area contributed by atoms with Gasteiger partial charge in [-0.15, -0.1) is 0 Å². The summed E-state index contributed by atoms with van der Waals surface area (Å²) in [5.74, 6) is -0.545. The highest BCUT2D eigenvalue weighted by Crippen LogP contribution is 2.34. The monoisotopic (exact) mass is 302 g/mol. The van der Waals surface area contributed by atoms with E-state index in [9.17, 15) is 4.79 Å². The van der Waals surface area contributed by atoms with Crippen LogP contribution in [0.25, 0.3) is 22.4 Å². The maximum atomic E-state index is 12.1. The van der Waals surface area contributed by atoms with Gasteiger partial charge in [0.2, 0.25) is 0 Å². The Morgan fingerprint density at radius 1 is 1.29 bits per heavy atom. The number of fused-ring (bicyclic) bond motifs is 1. The lowest BCUT2D eigenvalue weighted by atomic mass is 10.0. The van der Waals surface area contributed by atoms with Gasteiger partial charge in [-0.1, -0.05) is 47.1 Å². The van der Waals surface area contributed by atoms with Crippen LogP contribution in [-0.4, -0.2) is 23.2 Å². The molecule has 0 radical (unpaired) electrons. The molecule has 0 bridgehead atoms. The van der Waals surface area contributed by atoms with E-state index in [4.69, 9.17) is 20.9 Å². The molecular formula is C15H11ClN2O3. The van der Waals surface area contributed by atoms with Crippen LogP contribution in [-0.2, 0) is 4.74 Å². The fourth-order valence-corrected chi connectivity index (χ4v) is 2.38. The van der Waals surface area contributed by atoms with Crippen molar-refractivity contribution in [1.82, 2.24) is 10.1 Å². The minimum absolute atomic E-state index is 0.224. The maximum Gasteiger partial charge on any atom is 0.340 e. The number of methoxy groups -OCH3 is 1. The number of aromatic nitrogens is 2. The summed E-state index contributed by atoms with van der Waals surface area (Å²) in [5, 5.41) is 4.73. The Bertz CT molecular complexity index is 828. The number of pyridine rings is 1. The number of hydrogen-bond donors (Lipinski definition) is 0. The number of rotatable bonds is 2. The molecule has 0 atom stereocenters. The molecule has 0 aliphatic carbocycles. The zero-order chi connectivity index (χ0) is 15.0. The van der Waals surface area contributed by atoms with Gasteiger partial charge in [-0.05, 0) is 6.92 Å². The first-order valence-electron chi connectivity index (χ1n) is 6.22. The number of carbonyl (C=O) groups is 1. The summed E-state index contributed by atoms with van der Waals surface area (Å²) in [5.41, 5.74) is 2.29. The Morgan fingerprint density at radius 3 is 2.67 bits per heavy atom. The van der Waals surface area contributed by atoms with E-state index in [2.05, 4.69) is 10.1 Å². The molecule has 0 unspecified atom stereocenters. The normalized spacial score (nSPS) is 10.8. The molecule has 3 aromatic rings. The van der Waals surface area contributed by atoms with Crippen molar-refractivity contribution in [2.75, 3.05) is 7.11 Å². The van der Waals surface area contributed by atoms with Gasteiger partial charge >= 0.3 is 5.97 Å². The summed E-state index contributed by atoms with van der Waals surface area (Å²) >= 11 is 6.23. The minimum atomic E-state index is -0.545. The van der Waals surface area contributed by atoms with Crippen LogP contribution in [0.5, 0.6) is 0 Å². The Kier molecular flexibility index (Phi) is 3.35. The Balaban J connectivity index is 2.39. The molecule has 0 fully saturated rings. The quantitative estimate of drug-likeness (QED) is 0.676. The van der Waals surface area contributed by atoms with Crippen LogP contribution in [0.4, 0.5) is 0 Å². The van der Waals surface area contributed by atoms with Crippen molar-refractivity contribution < 1.29 is 14.1 Å². The summed E-state index contributed by atoms with van der Waals surface area (Å²) in [7, 11) is 1.30. The average Bonchev–Trinajstić information content (AvgIpc) is 2.92. The molecule has 0 aliphatic heterocycles. The topological polar surface area (TPSA) is 65.2 Å². The molecule has 0 saturated heterocycles. The number of benzene rings is 1. The number of ether oxygens (including phenoxy) is 1. The third kappa shape index (κ3) is 2.15. The third-order valence-electron chi connectivity index (χ3n) is 3.17. The maximum absolute atomic E-state index is 12.1. The van der Waals surface area contributed by atoms with E-state index in [1.165, 1.54) is 7.11 Å². The highest BCUT2D eigenvalue weighted by Gasteiger charge is 2.25. The molecule has 0 aliphatic rings. The van der Waals surface area contributed by atoms with Gasteiger partial charge in [0.05, 0.1) is 28.8 Å². The largest absolute Gasteiger partial charge is 0.465 e. The van der Waals surface area contributed by atoms with Crippen molar-refractivity contribution in [1.29, 1.82) is 0 Å². The number of hydrogen-bond acceptors (Lipinski definition) is 5. The Labute approximate surface area is 125 Å². The highest BCUT2D eigenvalue weighted by atomic mass is 35.5. The molecule has 6 heteroatoms. The molecule has 2 aromatic heterocycles. The summed E-state index contributed by atoms with van der Waals surface area (Å²) in [4.78, 5) is 16.3. The predicted molar refractivity (Wildman–Crippen MR) is 78.3 cm³/mol. The van der Waals surface area contributed by atoms with E-state index >= 15 is 0 Å². The van der Waals surface area contributed by atoms with E-state index < -0.39 is 5.97 Å². The second kappa shape index (κ2) is 5.18. The van der Waals surface area contributed by atoms with E-state index in [1.807, 2.05) is 30.3 Å². The number of halogens is 1. The second-order valence-corrected chi connectivity index (χ2v) is 4.83. The number of carbonyl (C=O) groups excluding carboxylic acids is 1. The number of aryl methyl sites for hydroxylation is 1. The minimum Gasteiger partial charge on any atom is -0.465 e. The van der Waals surface area contributed by atoms with Gasteiger partial charge in [-0.25, -0.2) is 9.78 Å². The van der Waals surface area contributed by atoms with Gasteiger partial charge in [-0.3, -0.25) is 0 Å². The van der Waals surface area contributed by atoms with Gasteiger partial charge in [0, 0.05) is 5.56 Å². The molecule has 3 rings (SSSR count). The van der Waals surface area contributed by atoms with Crippen molar-refractivity contribution in [3.8, 4) is 11.3 Å². The molecule has 0 N–H and O–H groups in total. The summed E-state index contributed by atoms with van der Waals surface area (Å²) < 4.78 is 10.1. The third-order valence-corrected chi connectivity index (χ3v) is 3.63. The number of esters is 1. The van der Waals surface area contributed by atoms with Gasteiger partial charge < -0.3 is 9.26 Å². The highest BCUT2D eigenvalue weighted by molar-refractivity contribution is 6.36. The van der Waals surface area contributed by atoms with Crippen molar-refractivity contribution in [3.05, 3.63) is 46.6 Å². The SMILES string of the molecule is COC(=O)c1c(Cl)c(C)nc2onc(-c3ccccc3)c12. The van der Waals surface area contributed by atoms with Crippen LogP contribution >= 0.6 is 11.6 Å². The molecule has 5 nitrogen and oxygen atoms in total. The summed E-state index contributed by atoms with van der Waals surface area (Å²) in [6, 6.07) is 9.37. The van der Waals surface area contributed by atoms with Crippen LogP contribution in [0.2, 0.25) is 5.02 Å². The summed E-state index contributed by atoms with van der Waals surface area (Å²) in [6.07, 6.45) is 0. The first kappa shape index (κ1) is 13.6. The van der Waals surface area contributed by atoms with Crippen LogP contribution in [0, 0.1) is 6.92 Å². The lowest BCUT2D eigenvalue weighted by molar-refractivity contribution is 0.0603. The van der Waals surface area contributed by atoms with Crippen LogP contribution in [0.3, 0.4) is 0 Å². The van der Waals surface area contributed by atoms with E-state index in [0.29, 0.717) is 16.8 Å². The van der Waals surface area contributed by atoms with Crippen molar-refractivity contribution in [2.45, 2.75) is 6.92 Å². The van der Waals surface area contributed by atoms with Crippen LogP contribution in [0.1, 0.15) is 16.1 Å². The standard InChI is InChI=1S/C15H11ClN2O3/c1-8-12(16)10(15(19)20-2)11-13(18-21-14(11)17-8)9-6-4-3-5-7-9/h3-7H,1-2H3. The van der Waals surface area contributed by atoms with Crippen molar-refractivity contribution >= 4 is 28.7 Å². The molecule has 2 heterocycles. The molecule has 0 saturated carbocycles. The van der Waals surface area contributed by atoms with E-state index in [-0.39, 0.29) is 16.3 Å². The molecule has 1 aromatic carbocycles.